The van der Waals surface area contributed by atoms with E-state index in [0.717, 1.165) is 18.2 Å². The summed E-state index contributed by atoms with van der Waals surface area (Å²) in [5, 5.41) is 11.8. The van der Waals surface area contributed by atoms with Crippen molar-refractivity contribution >= 4 is 38.0 Å². The Kier molecular flexibility index (Phi) is 5.72. The van der Waals surface area contributed by atoms with E-state index < -0.39 is 43.9 Å². The number of quaternary nitrogens is 1. The number of sulfone groups is 1. The number of thiophene rings is 1. The zero-order valence-corrected chi connectivity index (χ0v) is 16.3. The SMILES string of the molecule is CC(C)(O)C(=O)Nc1sc(S(=O)(=O)c2ccc(C(F)(F)F)cc2)cc1C([NH3+])=O. The van der Waals surface area contributed by atoms with Gasteiger partial charge in [-0.3, -0.25) is 10.5 Å². The molecule has 0 bridgehead atoms. The Hall–Kier alpha value is -2.28. The van der Waals surface area contributed by atoms with Gasteiger partial charge in [0.05, 0.1) is 10.5 Å². The van der Waals surface area contributed by atoms with Gasteiger partial charge >= 0.3 is 12.1 Å². The van der Waals surface area contributed by atoms with E-state index in [1.165, 1.54) is 13.8 Å². The first-order valence-electron chi connectivity index (χ1n) is 7.60. The van der Waals surface area contributed by atoms with Crippen LogP contribution < -0.4 is 11.1 Å². The fourth-order valence-electron chi connectivity index (χ4n) is 2.00. The Morgan fingerprint density at radius 1 is 1.14 bits per heavy atom. The molecule has 0 saturated carbocycles. The number of amides is 2. The summed E-state index contributed by atoms with van der Waals surface area (Å²) in [5.74, 6) is -1.66. The summed E-state index contributed by atoms with van der Waals surface area (Å²) in [6.45, 7) is 2.39. The van der Waals surface area contributed by atoms with Gasteiger partial charge in [0, 0.05) is 0 Å². The maximum Gasteiger partial charge on any atom is 0.416 e. The minimum atomic E-state index is -4.62. The highest BCUT2D eigenvalue weighted by Crippen LogP contribution is 2.36. The number of carbonyl (C=O) groups is 2. The van der Waals surface area contributed by atoms with Crippen LogP contribution in [0.2, 0.25) is 0 Å². The Bertz CT molecular complexity index is 1020. The van der Waals surface area contributed by atoms with E-state index in [9.17, 15) is 36.3 Å². The van der Waals surface area contributed by atoms with Crippen molar-refractivity contribution in [1.29, 1.82) is 0 Å². The number of halogens is 3. The number of hydrogen-bond acceptors (Lipinski definition) is 6. The number of carbonyl (C=O) groups excluding carboxylic acids is 2. The lowest BCUT2D eigenvalue weighted by Crippen LogP contribution is -2.56. The van der Waals surface area contributed by atoms with Crippen LogP contribution in [0.1, 0.15) is 29.8 Å². The summed E-state index contributed by atoms with van der Waals surface area (Å²) in [7, 11) is -4.25. The van der Waals surface area contributed by atoms with E-state index in [-0.39, 0.29) is 14.8 Å². The number of nitrogens with one attached hydrogen (secondary N) is 1. The fraction of sp³-hybridized carbons (Fsp3) is 0.250. The third kappa shape index (κ3) is 4.58. The van der Waals surface area contributed by atoms with Gasteiger partial charge in [-0.1, -0.05) is 0 Å². The van der Waals surface area contributed by atoms with E-state index in [1.54, 1.807) is 0 Å². The van der Waals surface area contributed by atoms with E-state index in [4.69, 9.17) is 0 Å². The number of rotatable bonds is 5. The minimum Gasteiger partial charge on any atom is -0.381 e. The highest BCUT2D eigenvalue weighted by Gasteiger charge is 2.32. The molecule has 0 aliphatic carbocycles. The standard InChI is InChI=1S/C16H15F3N2O5S2/c1-15(2,24)14(23)21-13-10(12(20)22)7-11(27-13)28(25,26)9-5-3-8(4-6-9)16(17,18)19/h3-7,24H,1-2H3,(H2,20,22)(H,21,23)/p+1. The molecule has 0 fully saturated rings. The van der Waals surface area contributed by atoms with E-state index in [1.807, 2.05) is 0 Å². The van der Waals surface area contributed by atoms with Crippen molar-refractivity contribution in [3.05, 3.63) is 41.5 Å². The maximum atomic E-state index is 12.7. The predicted molar refractivity (Wildman–Crippen MR) is 93.4 cm³/mol. The zero-order chi connectivity index (χ0) is 21.5. The van der Waals surface area contributed by atoms with Gasteiger partial charge in [0.2, 0.25) is 9.84 Å². The molecule has 2 rings (SSSR count). The van der Waals surface area contributed by atoms with Gasteiger partial charge in [0.25, 0.3) is 5.91 Å². The van der Waals surface area contributed by atoms with E-state index >= 15 is 0 Å². The van der Waals surface area contributed by atoms with Crippen LogP contribution in [0.25, 0.3) is 0 Å². The van der Waals surface area contributed by atoms with Gasteiger partial charge in [-0.2, -0.15) is 13.2 Å². The molecule has 5 N–H and O–H groups in total. The Morgan fingerprint density at radius 3 is 2.11 bits per heavy atom. The summed E-state index contributed by atoms with van der Waals surface area (Å²) in [5.41, 5.74) is 0.175. The molecular formula is C16H16F3N2O5S2+. The normalized spacial score (nSPS) is 12.7. The second kappa shape index (κ2) is 7.28. The lowest BCUT2D eigenvalue weighted by Gasteiger charge is -2.15. The average Bonchev–Trinajstić information content (AvgIpc) is 2.98. The van der Waals surface area contributed by atoms with Gasteiger partial charge in [-0.05, 0) is 44.2 Å². The Morgan fingerprint density at radius 2 is 1.68 bits per heavy atom. The molecule has 152 valence electrons. The molecule has 2 aromatic rings. The number of hydrogen-bond donors (Lipinski definition) is 3. The quantitative estimate of drug-likeness (QED) is 0.656. The van der Waals surface area contributed by atoms with Crippen molar-refractivity contribution < 1.29 is 42.0 Å². The van der Waals surface area contributed by atoms with Crippen LogP contribution in [-0.4, -0.2) is 30.9 Å². The third-order valence-corrected chi connectivity index (χ3v) is 6.84. The number of aliphatic hydroxyl groups is 1. The van der Waals surface area contributed by atoms with E-state index in [0.29, 0.717) is 23.5 Å². The number of anilines is 1. The Balaban J connectivity index is 2.47. The van der Waals surface area contributed by atoms with Crippen molar-refractivity contribution in [1.82, 2.24) is 0 Å². The maximum absolute atomic E-state index is 12.7. The number of alkyl halides is 3. The molecule has 0 radical (unpaired) electrons. The first-order chi connectivity index (χ1) is 12.6. The lowest BCUT2D eigenvalue weighted by molar-refractivity contribution is -0.254. The highest BCUT2D eigenvalue weighted by molar-refractivity contribution is 7.93. The summed E-state index contributed by atoms with van der Waals surface area (Å²) in [6.07, 6.45) is -4.62. The summed E-state index contributed by atoms with van der Waals surface area (Å²) >= 11 is 0.530. The average molecular weight is 437 g/mol. The molecule has 1 aromatic carbocycles. The smallest absolute Gasteiger partial charge is 0.381 e. The Labute approximate surface area is 161 Å². The van der Waals surface area contributed by atoms with Crippen molar-refractivity contribution in [3.8, 4) is 0 Å². The van der Waals surface area contributed by atoms with Gasteiger partial charge in [-0.25, -0.2) is 13.2 Å². The van der Waals surface area contributed by atoms with Crippen LogP contribution in [0.4, 0.5) is 18.2 Å². The van der Waals surface area contributed by atoms with Crippen molar-refractivity contribution in [2.45, 2.75) is 34.7 Å². The molecule has 2 amide bonds. The molecule has 7 nitrogen and oxygen atoms in total. The summed E-state index contributed by atoms with van der Waals surface area (Å²) in [6, 6.07) is 3.85. The van der Waals surface area contributed by atoms with Crippen LogP contribution in [0.5, 0.6) is 0 Å². The van der Waals surface area contributed by atoms with Gasteiger partial charge in [-0.15, -0.1) is 11.3 Å². The first-order valence-corrected chi connectivity index (χ1v) is 9.90. The monoisotopic (exact) mass is 437 g/mol. The van der Waals surface area contributed by atoms with Crippen LogP contribution in [0.15, 0.2) is 39.4 Å². The molecule has 12 heteroatoms. The van der Waals surface area contributed by atoms with E-state index in [2.05, 4.69) is 11.1 Å². The second-order valence-corrected chi connectivity index (χ2v) is 9.50. The number of benzene rings is 1. The molecule has 0 aliphatic heterocycles. The molecule has 28 heavy (non-hydrogen) atoms. The molecule has 0 atom stereocenters. The van der Waals surface area contributed by atoms with Gasteiger partial charge in [0.1, 0.15) is 20.4 Å². The third-order valence-electron chi connectivity index (χ3n) is 3.55. The predicted octanol–water partition coefficient (Wildman–Crippen LogP) is 1.69. The molecule has 0 unspecified atom stereocenters. The largest absolute Gasteiger partial charge is 0.416 e. The summed E-state index contributed by atoms with van der Waals surface area (Å²) in [4.78, 5) is 23.2. The zero-order valence-electron chi connectivity index (χ0n) is 14.6. The van der Waals surface area contributed by atoms with Crippen LogP contribution in [0, 0.1) is 0 Å². The molecule has 1 aromatic heterocycles. The molecule has 1 heterocycles. The molecule has 0 spiro atoms. The van der Waals surface area contributed by atoms with Gasteiger partial charge < -0.3 is 10.4 Å². The summed E-state index contributed by atoms with van der Waals surface area (Å²) < 4.78 is 63.0. The topological polar surface area (TPSA) is 128 Å². The van der Waals surface area contributed by atoms with Crippen LogP contribution in [0.3, 0.4) is 0 Å². The van der Waals surface area contributed by atoms with Crippen molar-refractivity contribution in [3.63, 3.8) is 0 Å². The fourth-order valence-corrected chi connectivity index (χ4v) is 4.78. The van der Waals surface area contributed by atoms with Gasteiger partial charge in [0.15, 0.2) is 0 Å². The molecule has 0 saturated heterocycles. The van der Waals surface area contributed by atoms with Crippen LogP contribution in [-0.2, 0) is 20.8 Å². The lowest BCUT2D eigenvalue weighted by atomic mass is 10.1. The minimum absolute atomic E-state index is 0.141. The molecule has 0 aliphatic rings. The van der Waals surface area contributed by atoms with Crippen LogP contribution >= 0.6 is 11.3 Å². The molecular weight excluding hydrogens is 421 g/mol. The highest BCUT2D eigenvalue weighted by atomic mass is 32.2. The second-order valence-electron chi connectivity index (χ2n) is 6.27. The first kappa shape index (κ1) is 22.0. The van der Waals surface area contributed by atoms with Crippen molar-refractivity contribution in [2.75, 3.05) is 5.32 Å². The van der Waals surface area contributed by atoms with Crippen molar-refractivity contribution in [2.24, 2.45) is 0 Å².